The fourth-order valence-corrected chi connectivity index (χ4v) is 1.13. The van der Waals surface area contributed by atoms with Crippen molar-refractivity contribution in [2.75, 3.05) is 20.1 Å². The van der Waals surface area contributed by atoms with E-state index in [0.29, 0.717) is 6.54 Å². The van der Waals surface area contributed by atoms with E-state index >= 15 is 0 Å². The Morgan fingerprint density at radius 3 is 2.90 bits per heavy atom. The second kappa shape index (κ2) is 2.88. The van der Waals surface area contributed by atoms with Crippen molar-refractivity contribution in [2.45, 2.75) is 6.92 Å². The van der Waals surface area contributed by atoms with Gasteiger partial charge in [-0.1, -0.05) is 6.08 Å². The van der Waals surface area contributed by atoms with E-state index in [1.54, 1.807) is 0 Å². The van der Waals surface area contributed by atoms with E-state index in [4.69, 9.17) is 5.73 Å². The predicted octanol–water partition coefficient (Wildman–Crippen LogP) is 0.721. The Labute approximate surface area is 62.0 Å². The van der Waals surface area contributed by atoms with Gasteiger partial charge in [0.15, 0.2) is 0 Å². The van der Waals surface area contributed by atoms with E-state index in [1.165, 1.54) is 11.1 Å². The molecule has 0 aromatic carbocycles. The Morgan fingerprint density at radius 1 is 1.70 bits per heavy atom. The van der Waals surface area contributed by atoms with Gasteiger partial charge in [-0.3, -0.25) is 0 Å². The average Bonchev–Trinajstić information content (AvgIpc) is 1.88. The van der Waals surface area contributed by atoms with Gasteiger partial charge in [0.25, 0.3) is 0 Å². The lowest BCUT2D eigenvalue weighted by Crippen LogP contribution is -2.18. The van der Waals surface area contributed by atoms with Crippen molar-refractivity contribution in [2.24, 2.45) is 5.73 Å². The molecule has 0 amide bonds. The molecule has 0 atom stereocenters. The van der Waals surface area contributed by atoms with Crippen LogP contribution in [0.2, 0.25) is 0 Å². The largest absolute Gasteiger partial charge is 0.376 e. The van der Waals surface area contributed by atoms with E-state index in [-0.39, 0.29) is 0 Å². The lowest BCUT2D eigenvalue weighted by atomic mass is 10.1. The highest BCUT2D eigenvalue weighted by atomic mass is 15.1. The van der Waals surface area contributed by atoms with Crippen molar-refractivity contribution in [3.05, 3.63) is 23.4 Å². The molecule has 0 spiro atoms. The molecule has 0 saturated carbocycles. The molecule has 2 heteroatoms. The third kappa shape index (κ3) is 1.39. The molecule has 0 fully saturated rings. The summed E-state index contributed by atoms with van der Waals surface area (Å²) < 4.78 is 0. The van der Waals surface area contributed by atoms with Gasteiger partial charge in [-0.15, -0.1) is 0 Å². The molecule has 0 aliphatic carbocycles. The molecule has 1 aliphatic rings. The number of likely N-dealkylation sites (N-methyl/N-ethyl adjacent to an activating group) is 1. The summed E-state index contributed by atoms with van der Waals surface area (Å²) in [4.78, 5) is 2.15. The average molecular weight is 138 g/mol. The standard InChI is InChI=1S/C8H14N2/c1-7-6-10(2)4-3-8(7)5-9/h3,6H,4-5,9H2,1-2H3. The SMILES string of the molecule is CC1=CN(C)CC=C1CN. The number of hydrogen-bond acceptors (Lipinski definition) is 2. The van der Waals surface area contributed by atoms with Gasteiger partial charge in [-0.25, -0.2) is 0 Å². The summed E-state index contributed by atoms with van der Waals surface area (Å²) in [5.41, 5.74) is 8.08. The van der Waals surface area contributed by atoms with Crippen molar-refractivity contribution in [3.8, 4) is 0 Å². The van der Waals surface area contributed by atoms with E-state index in [1.807, 2.05) is 0 Å². The Bertz CT molecular complexity index is 180. The van der Waals surface area contributed by atoms with Crippen LogP contribution in [0.4, 0.5) is 0 Å². The molecule has 0 bridgehead atoms. The summed E-state index contributed by atoms with van der Waals surface area (Å²) in [5.74, 6) is 0. The highest BCUT2D eigenvalue weighted by Gasteiger charge is 2.03. The van der Waals surface area contributed by atoms with E-state index in [2.05, 4.69) is 31.1 Å². The van der Waals surface area contributed by atoms with Crippen LogP contribution in [-0.2, 0) is 0 Å². The maximum absolute atomic E-state index is 5.51. The second-order valence-corrected chi connectivity index (χ2v) is 2.69. The molecule has 0 aromatic heterocycles. The molecular formula is C8H14N2. The van der Waals surface area contributed by atoms with Crippen LogP contribution in [0.3, 0.4) is 0 Å². The van der Waals surface area contributed by atoms with Gasteiger partial charge in [-0.2, -0.15) is 0 Å². The van der Waals surface area contributed by atoms with Crippen molar-refractivity contribution in [1.29, 1.82) is 0 Å². The lowest BCUT2D eigenvalue weighted by Gasteiger charge is -2.20. The molecule has 2 nitrogen and oxygen atoms in total. The molecule has 0 aromatic rings. The minimum atomic E-state index is 0.663. The normalized spacial score (nSPS) is 18.5. The van der Waals surface area contributed by atoms with Crippen molar-refractivity contribution in [1.82, 2.24) is 4.90 Å². The molecule has 0 saturated heterocycles. The van der Waals surface area contributed by atoms with Crippen LogP contribution >= 0.6 is 0 Å². The van der Waals surface area contributed by atoms with Crippen LogP contribution in [0.15, 0.2) is 23.4 Å². The van der Waals surface area contributed by atoms with Gasteiger partial charge in [0.05, 0.1) is 0 Å². The molecule has 0 unspecified atom stereocenters. The van der Waals surface area contributed by atoms with E-state index in [0.717, 1.165) is 6.54 Å². The molecule has 2 N–H and O–H groups in total. The second-order valence-electron chi connectivity index (χ2n) is 2.69. The Balaban J connectivity index is 2.71. The smallest absolute Gasteiger partial charge is 0.0357 e. The highest BCUT2D eigenvalue weighted by molar-refractivity contribution is 5.32. The molecular weight excluding hydrogens is 124 g/mol. The van der Waals surface area contributed by atoms with Gasteiger partial charge in [0, 0.05) is 26.3 Å². The minimum absolute atomic E-state index is 0.663. The third-order valence-corrected chi connectivity index (χ3v) is 1.77. The molecule has 56 valence electrons. The quantitative estimate of drug-likeness (QED) is 0.578. The van der Waals surface area contributed by atoms with Crippen LogP contribution < -0.4 is 5.73 Å². The number of hydrogen-bond donors (Lipinski definition) is 1. The first-order valence-electron chi connectivity index (χ1n) is 3.52. The number of nitrogens with zero attached hydrogens (tertiary/aromatic N) is 1. The number of rotatable bonds is 1. The van der Waals surface area contributed by atoms with Crippen LogP contribution in [-0.4, -0.2) is 25.0 Å². The first-order valence-corrected chi connectivity index (χ1v) is 3.52. The van der Waals surface area contributed by atoms with Gasteiger partial charge in [0.1, 0.15) is 0 Å². The zero-order chi connectivity index (χ0) is 7.56. The van der Waals surface area contributed by atoms with E-state index < -0.39 is 0 Å². The van der Waals surface area contributed by atoms with Crippen molar-refractivity contribution in [3.63, 3.8) is 0 Å². The Hall–Kier alpha value is -0.760. The summed E-state index contributed by atoms with van der Waals surface area (Å²) in [7, 11) is 2.06. The fourth-order valence-electron chi connectivity index (χ4n) is 1.13. The van der Waals surface area contributed by atoms with Crippen LogP contribution in [0.25, 0.3) is 0 Å². The molecule has 1 rings (SSSR count). The fraction of sp³-hybridized carbons (Fsp3) is 0.500. The number of nitrogens with two attached hydrogens (primary N) is 1. The molecule has 1 heterocycles. The summed E-state index contributed by atoms with van der Waals surface area (Å²) in [5, 5.41) is 0. The van der Waals surface area contributed by atoms with E-state index in [9.17, 15) is 0 Å². The minimum Gasteiger partial charge on any atom is -0.376 e. The summed E-state index contributed by atoms with van der Waals surface area (Å²) >= 11 is 0. The molecule has 1 aliphatic heterocycles. The topological polar surface area (TPSA) is 29.3 Å². The third-order valence-electron chi connectivity index (χ3n) is 1.77. The van der Waals surface area contributed by atoms with Crippen LogP contribution in [0.1, 0.15) is 6.92 Å². The van der Waals surface area contributed by atoms with Gasteiger partial charge < -0.3 is 10.6 Å². The van der Waals surface area contributed by atoms with Crippen LogP contribution in [0, 0.1) is 0 Å². The predicted molar refractivity (Wildman–Crippen MR) is 43.5 cm³/mol. The molecule has 0 radical (unpaired) electrons. The Morgan fingerprint density at radius 2 is 2.40 bits per heavy atom. The maximum Gasteiger partial charge on any atom is 0.0357 e. The van der Waals surface area contributed by atoms with Gasteiger partial charge in [0.2, 0.25) is 0 Å². The van der Waals surface area contributed by atoms with Crippen LogP contribution in [0.5, 0.6) is 0 Å². The lowest BCUT2D eigenvalue weighted by molar-refractivity contribution is 0.496. The first kappa shape index (κ1) is 7.35. The Kier molecular flexibility index (Phi) is 2.12. The zero-order valence-electron chi connectivity index (χ0n) is 6.59. The highest BCUT2D eigenvalue weighted by Crippen LogP contribution is 2.12. The summed E-state index contributed by atoms with van der Waals surface area (Å²) in [6, 6.07) is 0. The molecule has 10 heavy (non-hydrogen) atoms. The maximum atomic E-state index is 5.51. The van der Waals surface area contributed by atoms with Crippen molar-refractivity contribution >= 4 is 0 Å². The summed E-state index contributed by atoms with van der Waals surface area (Å²) in [6.07, 6.45) is 4.30. The zero-order valence-corrected chi connectivity index (χ0v) is 6.59. The first-order chi connectivity index (χ1) is 4.74. The monoisotopic (exact) mass is 138 g/mol. The van der Waals surface area contributed by atoms with Gasteiger partial charge in [-0.05, 0) is 18.1 Å². The summed E-state index contributed by atoms with van der Waals surface area (Å²) in [6.45, 7) is 3.74. The van der Waals surface area contributed by atoms with Crippen molar-refractivity contribution < 1.29 is 0 Å². The van der Waals surface area contributed by atoms with Gasteiger partial charge >= 0.3 is 0 Å².